The molecule has 0 radical (unpaired) electrons. The fourth-order valence-electron chi connectivity index (χ4n) is 4.80. The molecular weight excluding hydrogens is 573 g/mol. The van der Waals surface area contributed by atoms with Crippen LogP contribution in [0.3, 0.4) is 0 Å². The van der Waals surface area contributed by atoms with Crippen LogP contribution >= 0.6 is 0 Å². The van der Waals surface area contributed by atoms with Crippen molar-refractivity contribution >= 4 is 26.6 Å². The second-order valence-electron chi connectivity index (χ2n) is 10.1. The summed E-state index contributed by atoms with van der Waals surface area (Å²) in [5.74, 6) is 0.480. The number of nitriles is 1. The molecule has 3 aromatic carbocycles. The minimum atomic E-state index is -4.12. The fourth-order valence-corrected chi connectivity index (χ4v) is 6.01. The van der Waals surface area contributed by atoms with E-state index < -0.39 is 15.8 Å². The second-order valence-corrected chi connectivity index (χ2v) is 11.8. The Morgan fingerprint density at radius 2 is 1.79 bits per heavy atom. The number of nitrogens with zero attached hydrogens (tertiary/aromatic N) is 4. The maximum Gasteiger partial charge on any atom is 0.263 e. The average molecular weight is 606 g/mol. The highest BCUT2D eigenvalue weighted by Gasteiger charge is 2.20. The third kappa shape index (κ3) is 7.14. The lowest BCUT2D eigenvalue weighted by Crippen LogP contribution is -2.44. The van der Waals surface area contributed by atoms with Crippen molar-refractivity contribution < 1.29 is 27.0 Å². The van der Waals surface area contributed by atoms with Gasteiger partial charge in [-0.3, -0.25) is 9.71 Å². The molecule has 224 valence electrons. The number of halogens is 1. The lowest BCUT2D eigenvalue weighted by atomic mass is 10.1. The average Bonchev–Trinajstić information content (AvgIpc) is 3.01. The number of benzene rings is 3. The van der Waals surface area contributed by atoms with E-state index in [1.165, 1.54) is 30.3 Å². The Labute approximate surface area is 250 Å². The van der Waals surface area contributed by atoms with Gasteiger partial charge < -0.3 is 24.0 Å². The number of piperazine rings is 1. The highest BCUT2D eigenvalue weighted by Crippen LogP contribution is 2.38. The normalized spacial score (nSPS) is 14.3. The van der Waals surface area contributed by atoms with E-state index in [1.807, 2.05) is 6.07 Å². The molecule has 1 saturated heterocycles. The maximum absolute atomic E-state index is 15.1. The Bertz CT molecular complexity index is 1750. The summed E-state index contributed by atoms with van der Waals surface area (Å²) in [4.78, 5) is 8.98. The van der Waals surface area contributed by atoms with Crippen molar-refractivity contribution in [3.05, 3.63) is 78.2 Å². The van der Waals surface area contributed by atoms with Crippen LogP contribution in [0.2, 0.25) is 0 Å². The topological polar surface area (TPSA) is 117 Å². The van der Waals surface area contributed by atoms with E-state index in [0.29, 0.717) is 34.8 Å². The van der Waals surface area contributed by atoms with Crippen molar-refractivity contribution in [3.63, 3.8) is 0 Å². The van der Waals surface area contributed by atoms with Crippen molar-refractivity contribution in [2.75, 3.05) is 58.2 Å². The van der Waals surface area contributed by atoms with Gasteiger partial charge in [0.2, 0.25) is 0 Å². The predicted octanol–water partition coefficient (Wildman–Crippen LogP) is 4.86. The molecule has 0 aliphatic carbocycles. The van der Waals surface area contributed by atoms with E-state index in [0.717, 1.165) is 45.2 Å². The minimum absolute atomic E-state index is 0.0189. The second kappa shape index (κ2) is 13.2. The molecule has 1 aliphatic heterocycles. The van der Waals surface area contributed by atoms with Gasteiger partial charge in [0.15, 0.2) is 23.1 Å². The molecule has 0 atom stereocenters. The first-order chi connectivity index (χ1) is 20.8. The highest BCUT2D eigenvalue weighted by molar-refractivity contribution is 7.92. The van der Waals surface area contributed by atoms with Crippen LogP contribution in [-0.4, -0.2) is 76.7 Å². The number of pyridine rings is 1. The highest BCUT2D eigenvalue weighted by atomic mass is 32.2. The standard InChI is InChI=1S/C31H32FN5O5S/c1-36-13-15-37(16-14-36)12-5-17-41-30-20-26-24(19-29(30)40-2)27(10-11-34-26)42-28-9-8-23(18-25(28)32)35-43(38,39)31-7-4-3-6-22(31)21-33/h3-4,6-11,18-20,35H,5,12-17H2,1-2H3. The zero-order valence-corrected chi connectivity index (χ0v) is 24.7. The zero-order valence-electron chi connectivity index (χ0n) is 23.9. The van der Waals surface area contributed by atoms with Gasteiger partial charge in [-0.2, -0.15) is 5.26 Å². The number of aromatic nitrogens is 1. The fraction of sp³-hybridized carbons (Fsp3) is 0.290. The third-order valence-electron chi connectivity index (χ3n) is 7.16. The van der Waals surface area contributed by atoms with E-state index >= 15 is 4.39 Å². The number of anilines is 1. The summed E-state index contributed by atoms with van der Waals surface area (Å²) in [6.45, 7) is 5.73. The number of ether oxygens (including phenoxy) is 3. The molecule has 4 aromatic rings. The van der Waals surface area contributed by atoms with Gasteiger partial charge in [0.05, 0.1) is 30.5 Å². The molecule has 43 heavy (non-hydrogen) atoms. The largest absolute Gasteiger partial charge is 0.493 e. The summed E-state index contributed by atoms with van der Waals surface area (Å²) in [6, 6.07) is 16.4. The van der Waals surface area contributed by atoms with E-state index in [2.05, 4.69) is 26.6 Å². The smallest absolute Gasteiger partial charge is 0.263 e. The quantitative estimate of drug-likeness (QED) is 0.239. The number of hydrogen-bond acceptors (Lipinski definition) is 9. The molecule has 1 aromatic heterocycles. The van der Waals surface area contributed by atoms with Gasteiger partial charge in [-0.1, -0.05) is 12.1 Å². The van der Waals surface area contributed by atoms with Crippen LogP contribution in [0.25, 0.3) is 10.9 Å². The minimum Gasteiger partial charge on any atom is -0.493 e. The summed E-state index contributed by atoms with van der Waals surface area (Å²) in [6.07, 6.45) is 2.42. The van der Waals surface area contributed by atoms with Crippen LogP contribution in [0.4, 0.5) is 10.1 Å². The van der Waals surface area contributed by atoms with Crippen molar-refractivity contribution in [2.45, 2.75) is 11.3 Å². The Hall–Kier alpha value is -4.44. The first kappa shape index (κ1) is 30.0. The van der Waals surface area contributed by atoms with Crippen molar-refractivity contribution in [2.24, 2.45) is 0 Å². The molecule has 12 heteroatoms. The summed E-state index contributed by atoms with van der Waals surface area (Å²) >= 11 is 0. The SMILES string of the molecule is COc1cc2c(Oc3ccc(NS(=O)(=O)c4ccccc4C#N)cc3F)ccnc2cc1OCCCN1CCN(C)CC1. The van der Waals surface area contributed by atoms with Crippen LogP contribution in [0, 0.1) is 17.1 Å². The van der Waals surface area contributed by atoms with E-state index in [4.69, 9.17) is 14.2 Å². The lowest BCUT2D eigenvalue weighted by Gasteiger charge is -2.32. The van der Waals surface area contributed by atoms with Crippen molar-refractivity contribution in [1.29, 1.82) is 5.26 Å². The van der Waals surface area contributed by atoms with Gasteiger partial charge in [-0.05, 0) is 49.9 Å². The van der Waals surface area contributed by atoms with Crippen LogP contribution in [0.15, 0.2) is 71.8 Å². The van der Waals surface area contributed by atoms with Gasteiger partial charge in [0.25, 0.3) is 10.0 Å². The van der Waals surface area contributed by atoms with Gasteiger partial charge in [-0.25, -0.2) is 12.8 Å². The summed E-state index contributed by atoms with van der Waals surface area (Å²) in [5, 5.41) is 9.84. The monoisotopic (exact) mass is 605 g/mol. The first-order valence-corrected chi connectivity index (χ1v) is 15.3. The number of methoxy groups -OCH3 is 1. The predicted molar refractivity (Wildman–Crippen MR) is 161 cm³/mol. The number of likely N-dealkylation sites (N-methyl/N-ethyl adjacent to an activating group) is 1. The summed E-state index contributed by atoms with van der Waals surface area (Å²) in [7, 11) is -0.439. The molecule has 2 heterocycles. The lowest BCUT2D eigenvalue weighted by molar-refractivity contribution is 0.145. The molecule has 5 rings (SSSR count). The Morgan fingerprint density at radius 3 is 2.53 bits per heavy atom. The van der Waals surface area contributed by atoms with Crippen molar-refractivity contribution in [1.82, 2.24) is 14.8 Å². The Balaban J connectivity index is 1.29. The van der Waals surface area contributed by atoms with E-state index in [9.17, 15) is 13.7 Å². The molecule has 0 amide bonds. The van der Waals surface area contributed by atoms with Gasteiger partial charge in [0, 0.05) is 56.4 Å². The molecule has 0 bridgehead atoms. The molecule has 1 aliphatic rings. The first-order valence-electron chi connectivity index (χ1n) is 13.8. The number of fused-ring (bicyclic) bond motifs is 1. The van der Waals surface area contributed by atoms with E-state index in [1.54, 1.807) is 37.6 Å². The van der Waals surface area contributed by atoms with Crippen molar-refractivity contribution in [3.8, 4) is 29.1 Å². The third-order valence-corrected chi connectivity index (χ3v) is 8.60. The van der Waals surface area contributed by atoms with Crippen LogP contribution in [-0.2, 0) is 10.0 Å². The van der Waals surface area contributed by atoms with Crippen LogP contribution in [0.1, 0.15) is 12.0 Å². The van der Waals surface area contributed by atoms with Gasteiger partial charge in [0.1, 0.15) is 16.7 Å². The van der Waals surface area contributed by atoms with Crippen LogP contribution < -0.4 is 18.9 Å². The molecular formula is C31H32FN5O5S. The zero-order chi connectivity index (χ0) is 30.4. The maximum atomic E-state index is 15.1. The molecule has 10 nitrogen and oxygen atoms in total. The molecule has 1 fully saturated rings. The molecule has 0 unspecified atom stereocenters. The Morgan fingerprint density at radius 1 is 1.00 bits per heavy atom. The summed E-state index contributed by atoms with van der Waals surface area (Å²) in [5.41, 5.74) is 0.538. The number of hydrogen-bond donors (Lipinski definition) is 1. The molecule has 1 N–H and O–H groups in total. The van der Waals surface area contributed by atoms with Crippen LogP contribution in [0.5, 0.6) is 23.0 Å². The number of nitrogens with one attached hydrogen (secondary N) is 1. The number of sulfonamides is 1. The van der Waals surface area contributed by atoms with Gasteiger partial charge >= 0.3 is 0 Å². The van der Waals surface area contributed by atoms with E-state index in [-0.39, 0.29) is 21.9 Å². The van der Waals surface area contributed by atoms with Gasteiger partial charge in [-0.15, -0.1) is 0 Å². The summed E-state index contributed by atoms with van der Waals surface area (Å²) < 4.78 is 60.6. The molecule has 0 saturated carbocycles. The number of rotatable bonds is 11. The Kier molecular flexibility index (Phi) is 9.25. The molecule has 0 spiro atoms.